The number of carbonyl (C=O) groups is 1. The van der Waals surface area contributed by atoms with Crippen molar-refractivity contribution in [3.05, 3.63) is 54.1 Å². The van der Waals surface area contributed by atoms with E-state index in [0.29, 0.717) is 11.9 Å². The van der Waals surface area contributed by atoms with Crippen LogP contribution in [0.25, 0.3) is 11.0 Å². The van der Waals surface area contributed by atoms with Gasteiger partial charge in [0, 0.05) is 24.3 Å². The number of unbranched alkanes of at least 4 members (excludes halogenated alkanes) is 1. The van der Waals surface area contributed by atoms with Gasteiger partial charge in [-0.05, 0) is 31.0 Å². The SMILES string of the molecule is CCCCn1c(SCCCC(=O)c2ccccc2)nc2cc(S(N)(=O)=O)ccc21. The minimum atomic E-state index is -3.77. The van der Waals surface area contributed by atoms with E-state index in [9.17, 15) is 13.2 Å². The number of nitrogens with two attached hydrogens (primary N) is 1. The Bertz CT molecular complexity index is 1090. The molecule has 0 saturated carbocycles. The van der Waals surface area contributed by atoms with Crippen molar-refractivity contribution in [1.29, 1.82) is 0 Å². The summed E-state index contributed by atoms with van der Waals surface area (Å²) in [5.74, 6) is 0.902. The third kappa shape index (κ3) is 5.46. The lowest BCUT2D eigenvalue weighted by Gasteiger charge is -2.08. The highest BCUT2D eigenvalue weighted by Crippen LogP contribution is 2.27. The van der Waals surface area contributed by atoms with E-state index in [2.05, 4.69) is 16.5 Å². The van der Waals surface area contributed by atoms with Crippen molar-refractivity contribution in [3.63, 3.8) is 0 Å². The molecule has 0 aliphatic carbocycles. The molecule has 0 aliphatic rings. The number of hydrogen-bond donors (Lipinski definition) is 1. The van der Waals surface area contributed by atoms with E-state index in [-0.39, 0.29) is 10.7 Å². The van der Waals surface area contributed by atoms with Crippen LogP contribution >= 0.6 is 11.8 Å². The second kappa shape index (κ2) is 9.56. The van der Waals surface area contributed by atoms with Crippen LogP contribution in [0.15, 0.2) is 58.6 Å². The summed E-state index contributed by atoms with van der Waals surface area (Å²) >= 11 is 1.59. The smallest absolute Gasteiger partial charge is 0.238 e. The van der Waals surface area contributed by atoms with Gasteiger partial charge in [-0.25, -0.2) is 18.5 Å². The van der Waals surface area contributed by atoms with E-state index in [0.717, 1.165) is 47.8 Å². The summed E-state index contributed by atoms with van der Waals surface area (Å²) in [6.45, 7) is 2.94. The van der Waals surface area contributed by atoms with E-state index in [4.69, 9.17) is 5.14 Å². The summed E-state index contributed by atoms with van der Waals surface area (Å²) < 4.78 is 25.4. The van der Waals surface area contributed by atoms with Gasteiger partial charge >= 0.3 is 0 Å². The van der Waals surface area contributed by atoms with Gasteiger partial charge in [-0.2, -0.15) is 0 Å². The van der Waals surface area contributed by atoms with Crippen LogP contribution in [-0.2, 0) is 16.6 Å². The number of Topliss-reactive ketones (excluding diaryl/α,β-unsaturated/α-hetero) is 1. The topological polar surface area (TPSA) is 95.0 Å². The van der Waals surface area contributed by atoms with Gasteiger partial charge in [0.25, 0.3) is 0 Å². The van der Waals surface area contributed by atoms with Gasteiger partial charge in [0.2, 0.25) is 10.0 Å². The first-order chi connectivity index (χ1) is 13.9. The fraction of sp³-hybridized carbons (Fsp3) is 0.333. The Kier molecular flexibility index (Phi) is 7.10. The molecule has 0 bridgehead atoms. The number of hydrogen-bond acceptors (Lipinski definition) is 5. The Balaban J connectivity index is 1.72. The number of ketones is 1. The molecule has 0 spiro atoms. The van der Waals surface area contributed by atoms with Gasteiger partial charge in [-0.1, -0.05) is 55.4 Å². The summed E-state index contributed by atoms with van der Waals surface area (Å²) in [6.07, 6.45) is 3.28. The van der Waals surface area contributed by atoms with Crippen molar-refractivity contribution in [2.45, 2.75) is 49.2 Å². The summed E-state index contributed by atoms with van der Waals surface area (Å²) in [5.41, 5.74) is 2.26. The number of nitrogens with zero attached hydrogens (tertiary/aromatic N) is 2. The van der Waals surface area contributed by atoms with Gasteiger partial charge in [0.05, 0.1) is 15.9 Å². The van der Waals surface area contributed by atoms with Crippen LogP contribution in [0.5, 0.6) is 0 Å². The van der Waals surface area contributed by atoms with Crippen LogP contribution in [0.3, 0.4) is 0 Å². The highest BCUT2D eigenvalue weighted by Gasteiger charge is 2.15. The molecule has 2 N–H and O–H groups in total. The van der Waals surface area contributed by atoms with E-state index < -0.39 is 10.0 Å². The van der Waals surface area contributed by atoms with Crippen LogP contribution in [0.2, 0.25) is 0 Å². The van der Waals surface area contributed by atoms with Crippen molar-refractivity contribution in [1.82, 2.24) is 9.55 Å². The molecule has 3 rings (SSSR count). The van der Waals surface area contributed by atoms with Crippen LogP contribution in [-0.4, -0.2) is 29.5 Å². The molecule has 0 unspecified atom stereocenters. The first-order valence-electron chi connectivity index (χ1n) is 9.64. The van der Waals surface area contributed by atoms with E-state index >= 15 is 0 Å². The standard InChI is InChI=1S/C21H25N3O3S2/c1-2-3-13-24-19-12-11-17(29(22,26)27)15-18(19)23-21(24)28-14-7-10-20(25)16-8-5-4-6-9-16/h4-6,8-9,11-12,15H,2-3,7,10,13-14H2,1H3,(H2,22,26,27). The monoisotopic (exact) mass is 431 g/mol. The average Bonchev–Trinajstić information content (AvgIpc) is 3.06. The quantitative estimate of drug-likeness (QED) is 0.294. The van der Waals surface area contributed by atoms with Crippen molar-refractivity contribution in [3.8, 4) is 0 Å². The molecule has 6 nitrogen and oxygen atoms in total. The van der Waals surface area contributed by atoms with Crippen LogP contribution in [0, 0.1) is 0 Å². The molecule has 0 saturated heterocycles. The predicted molar refractivity (Wildman–Crippen MR) is 117 cm³/mol. The first kappa shape index (κ1) is 21.5. The Hall–Kier alpha value is -2.16. The maximum Gasteiger partial charge on any atom is 0.238 e. The molecular formula is C21H25N3O3S2. The Morgan fingerprint density at radius 2 is 1.90 bits per heavy atom. The van der Waals surface area contributed by atoms with Crippen molar-refractivity contribution < 1.29 is 13.2 Å². The highest BCUT2D eigenvalue weighted by molar-refractivity contribution is 7.99. The molecule has 1 aromatic heterocycles. The van der Waals surface area contributed by atoms with Crippen LogP contribution in [0.1, 0.15) is 43.0 Å². The third-order valence-electron chi connectivity index (χ3n) is 4.62. The average molecular weight is 432 g/mol. The van der Waals surface area contributed by atoms with Gasteiger partial charge in [-0.15, -0.1) is 0 Å². The molecule has 8 heteroatoms. The molecule has 1 heterocycles. The molecule has 29 heavy (non-hydrogen) atoms. The fourth-order valence-electron chi connectivity index (χ4n) is 3.07. The second-order valence-electron chi connectivity index (χ2n) is 6.84. The number of rotatable bonds is 10. The zero-order valence-electron chi connectivity index (χ0n) is 16.4. The number of primary sulfonamides is 1. The molecule has 0 radical (unpaired) electrons. The maximum atomic E-state index is 12.2. The first-order valence-corrected chi connectivity index (χ1v) is 12.2. The largest absolute Gasteiger partial charge is 0.319 e. The fourth-order valence-corrected chi connectivity index (χ4v) is 4.58. The molecular weight excluding hydrogens is 406 g/mol. The maximum absolute atomic E-state index is 12.2. The van der Waals surface area contributed by atoms with E-state index in [1.165, 1.54) is 12.1 Å². The summed E-state index contributed by atoms with van der Waals surface area (Å²) in [5, 5.41) is 6.09. The Morgan fingerprint density at radius 1 is 1.14 bits per heavy atom. The zero-order chi connectivity index (χ0) is 20.9. The number of sulfonamides is 1. The molecule has 0 amide bonds. The molecule has 0 fully saturated rings. The van der Waals surface area contributed by atoms with Gasteiger partial charge in [-0.3, -0.25) is 4.79 Å². The predicted octanol–water partition coefficient (Wildman–Crippen LogP) is 4.24. The van der Waals surface area contributed by atoms with Gasteiger partial charge in [0.15, 0.2) is 10.9 Å². The zero-order valence-corrected chi connectivity index (χ0v) is 18.0. The van der Waals surface area contributed by atoms with E-state index in [1.54, 1.807) is 17.8 Å². The number of benzene rings is 2. The highest BCUT2D eigenvalue weighted by atomic mass is 32.2. The second-order valence-corrected chi connectivity index (χ2v) is 9.46. The number of aryl methyl sites for hydroxylation is 1. The molecule has 0 aliphatic heterocycles. The van der Waals surface area contributed by atoms with Gasteiger partial charge < -0.3 is 4.57 Å². The molecule has 154 valence electrons. The number of fused-ring (bicyclic) bond motifs is 1. The number of thioether (sulfide) groups is 1. The van der Waals surface area contributed by atoms with Crippen molar-refractivity contribution in [2.75, 3.05) is 5.75 Å². The number of carbonyl (C=O) groups excluding carboxylic acids is 1. The lowest BCUT2D eigenvalue weighted by molar-refractivity contribution is 0.0982. The molecule has 0 atom stereocenters. The summed E-state index contributed by atoms with van der Waals surface area (Å²) in [6, 6.07) is 14.1. The van der Waals surface area contributed by atoms with Crippen LogP contribution in [0.4, 0.5) is 0 Å². The number of imidazole rings is 1. The molecule has 3 aromatic rings. The third-order valence-corrected chi connectivity index (χ3v) is 6.60. The lowest BCUT2D eigenvalue weighted by atomic mass is 10.1. The normalized spacial score (nSPS) is 11.8. The lowest BCUT2D eigenvalue weighted by Crippen LogP contribution is -2.11. The molecule has 2 aromatic carbocycles. The Labute approximate surface area is 175 Å². The minimum Gasteiger partial charge on any atom is -0.319 e. The summed E-state index contributed by atoms with van der Waals surface area (Å²) in [4.78, 5) is 16.9. The Morgan fingerprint density at radius 3 is 2.59 bits per heavy atom. The van der Waals surface area contributed by atoms with Crippen molar-refractivity contribution in [2.24, 2.45) is 5.14 Å². The van der Waals surface area contributed by atoms with Gasteiger partial charge in [0.1, 0.15) is 0 Å². The van der Waals surface area contributed by atoms with E-state index in [1.807, 2.05) is 30.3 Å². The van der Waals surface area contributed by atoms with Crippen molar-refractivity contribution >= 4 is 38.6 Å². The minimum absolute atomic E-state index is 0.0650. The summed E-state index contributed by atoms with van der Waals surface area (Å²) in [7, 11) is -3.77. The number of aromatic nitrogens is 2. The van der Waals surface area contributed by atoms with Crippen LogP contribution < -0.4 is 5.14 Å².